The van der Waals surface area contributed by atoms with Gasteiger partial charge in [-0.15, -0.1) is 0 Å². The third-order valence-corrected chi connectivity index (χ3v) is 5.05. The van der Waals surface area contributed by atoms with Crippen LogP contribution in [-0.4, -0.2) is 25.0 Å². The lowest BCUT2D eigenvalue weighted by atomic mass is 10.0. The molecule has 0 fully saturated rings. The first-order chi connectivity index (χ1) is 15.1. The summed E-state index contributed by atoms with van der Waals surface area (Å²) < 4.78 is 25.6. The Labute approximate surface area is 177 Å². The second kappa shape index (κ2) is 7.60. The molecule has 0 unspecified atom stereocenters. The lowest BCUT2D eigenvalue weighted by Crippen LogP contribution is -2.33. The molecule has 0 atom stereocenters. The molecular weight excluding hydrogens is 399 g/mol. The van der Waals surface area contributed by atoms with Gasteiger partial charge in [0.25, 0.3) is 11.8 Å². The number of ether oxygens (including phenoxy) is 2. The van der Waals surface area contributed by atoms with E-state index in [-0.39, 0.29) is 17.0 Å². The standard InChI is InChI=1S/C24H17FN2O4/c25-17-8-4-5-9-18(17)27-23(28)21(15-6-2-1-3-7-15)22(24(27)29)26-16-10-11-19-20(14-16)31-13-12-30-19/h1-11,14,26H,12-13H2. The van der Waals surface area contributed by atoms with Gasteiger partial charge >= 0.3 is 0 Å². The van der Waals surface area contributed by atoms with E-state index < -0.39 is 17.6 Å². The van der Waals surface area contributed by atoms with E-state index in [1.807, 2.05) is 6.07 Å². The van der Waals surface area contributed by atoms with Gasteiger partial charge in [-0.1, -0.05) is 42.5 Å². The number of anilines is 2. The third-order valence-electron chi connectivity index (χ3n) is 5.05. The zero-order valence-electron chi connectivity index (χ0n) is 16.3. The lowest BCUT2D eigenvalue weighted by Gasteiger charge is -2.19. The second-order valence-electron chi connectivity index (χ2n) is 7.00. The van der Waals surface area contributed by atoms with Crippen LogP contribution >= 0.6 is 0 Å². The normalized spacial score (nSPS) is 15.5. The third kappa shape index (κ3) is 3.30. The van der Waals surface area contributed by atoms with Crippen molar-refractivity contribution in [3.8, 4) is 11.5 Å². The maximum atomic E-state index is 14.4. The average molecular weight is 416 g/mol. The second-order valence-corrected chi connectivity index (χ2v) is 7.00. The van der Waals surface area contributed by atoms with E-state index in [4.69, 9.17) is 9.47 Å². The molecular formula is C24H17FN2O4. The van der Waals surface area contributed by atoms with Crippen LogP contribution in [-0.2, 0) is 9.59 Å². The molecule has 2 aliphatic heterocycles. The topological polar surface area (TPSA) is 67.9 Å². The van der Waals surface area contributed by atoms with Gasteiger partial charge in [0.2, 0.25) is 0 Å². The number of hydrogen-bond donors (Lipinski definition) is 1. The molecule has 0 saturated heterocycles. The van der Waals surface area contributed by atoms with Crippen LogP contribution in [0.4, 0.5) is 15.8 Å². The molecule has 6 nitrogen and oxygen atoms in total. The molecule has 0 aliphatic carbocycles. The quantitative estimate of drug-likeness (QED) is 0.652. The van der Waals surface area contributed by atoms with Crippen molar-refractivity contribution in [2.45, 2.75) is 0 Å². The smallest absolute Gasteiger partial charge is 0.282 e. The minimum atomic E-state index is -0.655. The van der Waals surface area contributed by atoms with Crippen LogP contribution in [0.1, 0.15) is 5.56 Å². The summed E-state index contributed by atoms with van der Waals surface area (Å²) in [5.74, 6) is -0.737. The van der Waals surface area contributed by atoms with E-state index >= 15 is 0 Å². The van der Waals surface area contributed by atoms with Gasteiger partial charge in [0, 0.05) is 11.8 Å². The number of fused-ring (bicyclic) bond motifs is 1. The van der Waals surface area contributed by atoms with Crippen molar-refractivity contribution in [3.63, 3.8) is 0 Å². The Bertz CT molecular complexity index is 1220. The molecule has 7 heteroatoms. The van der Waals surface area contributed by atoms with Gasteiger partial charge in [-0.05, 0) is 29.8 Å². The van der Waals surface area contributed by atoms with Crippen LogP contribution in [0.5, 0.6) is 11.5 Å². The Morgan fingerprint density at radius 3 is 2.29 bits per heavy atom. The van der Waals surface area contributed by atoms with Gasteiger partial charge in [-0.25, -0.2) is 9.29 Å². The number of carbonyl (C=O) groups is 2. The van der Waals surface area contributed by atoms with E-state index in [0.29, 0.717) is 36.0 Å². The summed E-state index contributed by atoms with van der Waals surface area (Å²) in [7, 11) is 0. The van der Waals surface area contributed by atoms with Crippen molar-refractivity contribution in [1.29, 1.82) is 0 Å². The van der Waals surface area contributed by atoms with Gasteiger partial charge < -0.3 is 14.8 Å². The summed E-state index contributed by atoms with van der Waals surface area (Å²) >= 11 is 0. The SMILES string of the molecule is O=C1C(Nc2ccc3c(c2)OCCO3)=C(c2ccccc2)C(=O)N1c1ccccc1F. The first kappa shape index (κ1) is 18.9. The largest absolute Gasteiger partial charge is 0.486 e. The summed E-state index contributed by atoms with van der Waals surface area (Å²) in [6.07, 6.45) is 0. The van der Waals surface area contributed by atoms with Crippen molar-refractivity contribution < 1.29 is 23.5 Å². The summed E-state index contributed by atoms with van der Waals surface area (Å²) in [5.41, 5.74) is 1.24. The fourth-order valence-corrected chi connectivity index (χ4v) is 3.64. The van der Waals surface area contributed by atoms with Crippen molar-refractivity contribution in [2.24, 2.45) is 0 Å². The zero-order valence-corrected chi connectivity index (χ0v) is 16.3. The zero-order chi connectivity index (χ0) is 21.4. The maximum Gasteiger partial charge on any atom is 0.282 e. The molecule has 0 bridgehead atoms. The summed E-state index contributed by atoms with van der Waals surface area (Å²) in [4.78, 5) is 27.5. The predicted octanol–water partition coefficient (Wildman–Crippen LogP) is 3.99. The molecule has 1 N–H and O–H groups in total. The van der Waals surface area contributed by atoms with Gasteiger partial charge in [-0.2, -0.15) is 0 Å². The van der Waals surface area contributed by atoms with Gasteiger partial charge in [0.1, 0.15) is 24.7 Å². The average Bonchev–Trinajstić information content (AvgIpc) is 3.04. The van der Waals surface area contributed by atoms with Crippen LogP contribution in [0.15, 0.2) is 78.5 Å². The number of nitrogens with zero attached hydrogens (tertiary/aromatic N) is 1. The monoisotopic (exact) mass is 416 g/mol. The Hall–Kier alpha value is -4.13. The van der Waals surface area contributed by atoms with Crippen LogP contribution in [0.25, 0.3) is 5.57 Å². The fourth-order valence-electron chi connectivity index (χ4n) is 3.64. The van der Waals surface area contributed by atoms with E-state index in [9.17, 15) is 14.0 Å². The van der Waals surface area contributed by atoms with Crippen LogP contribution in [0, 0.1) is 5.82 Å². The molecule has 2 amide bonds. The first-order valence-corrected chi connectivity index (χ1v) is 9.73. The Kier molecular flexibility index (Phi) is 4.63. The van der Waals surface area contributed by atoms with E-state index in [2.05, 4.69) is 5.32 Å². The van der Waals surface area contributed by atoms with E-state index in [1.54, 1.807) is 48.5 Å². The van der Waals surface area contributed by atoms with Gasteiger partial charge in [0.05, 0.1) is 11.3 Å². The van der Waals surface area contributed by atoms with Crippen LogP contribution in [0.2, 0.25) is 0 Å². The Balaban J connectivity index is 1.59. The molecule has 2 aliphatic rings. The highest BCUT2D eigenvalue weighted by Gasteiger charge is 2.41. The molecule has 31 heavy (non-hydrogen) atoms. The number of nitrogens with one attached hydrogen (secondary N) is 1. The van der Waals surface area contributed by atoms with Crippen LogP contribution < -0.4 is 19.7 Å². The minimum Gasteiger partial charge on any atom is -0.486 e. The Morgan fingerprint density at radius 2 is 1.52 bits per heavy atom. The number of amides is 2. The predicted molar refractivity (Wildman–Crippen MR) is 113 cm³/mol. The molecule has 2 heterocycles. The molecule has 154 valence electrons. The minimum absolute atomic E-state index is 0.0659. The van der Waals surface area contributed by atoms with Crippen molar-refractivity contribution in [2.75, 3.05) is 23.4 Å². The molecule has 5 rings (SSSR count). The molecule has 3 aromatic rings. The highest BCUT2D eigenvalue weighted by molar-refractivity contribution is 6.46. The first-order valence-electron chi connectivity index (χ1n) is 9.73. The number of carbonyl (C=O) groups excluding carboxylic acids is 2. The van der Waals surface area contributed by atoms with Crippen molar-refractivity contribution in [1.82, 2.24) is 0 Å². The van der Waals surface area contributed by atoms with Crippen molar-refractivity contribution >= 4 is 28.8 Å². The number of benzene rings is 3. The van der Waals surface area contributed by atoms with Crippen molar-refractivity contribution in [3.05, 3.63) is 89.9 Å². The number of para-hydroxylation sites is 1. The van der Waals surface area contributed by atoms with Gasteiger partial charge in [0.15, 0.2) is 11.5 Å². The summed E-state index contributed by atoms with van der Waals surface area (Å²) in [6.45, 7) is 0.889. The molecule has 0 radical (unpaired) electrons. The molecule has 0 spiro atoms. The molecule has 3 aromatic carbocycles. The summed E-state index contributed by atoms with van der Waals surface area (Å²) in [5, 5.41) is 3.05. The number of hydrogen-bond acceptors (Lipinski definition) is 5. The summed E-state index contributed by atoms with van der Waals surface area (Å²) in [6, 6.07) is 19.7. The highest BCUT2D eigenvalue weighted by Crippen LogP contribution is 2.37. The number of halogens is 1. The number of rotatable bonds is 4. The van der Waals surface area contributed by atoms with E-state index in [0.717, 1.165) is 4.90 Å². The van der Waals surface area contributed by atoms with E-state index in [1.165, 1.54) is 18.2 Å². The number of imide groups is 1. The van der Waals surface area contributed by atoms with Gasteiger partial charge in [-0.3, -0.25) is 9.59 Å². The lowest BCUT2D eigenvalue weighted by molar-refractivity contribution is -0.120. The molecule has 0 aromatic heterocycles. The maximum absolute atomic E-state index is 14.4. The van der Waals surface area contributed by atoms with Crippen LogP contribution in [0.3, 0.4) is 0 Å². The highest BCUT2D eigenvalue weighted by atomic mass is 19.1. The molecule has 0 saturated carbocycles. The Morgan fingerprint density at radius 1 is 0.806 bits per heavy atom. The fraction of sp³-hybridized carbons (Fsp3) is 0.0833.